The fourth-order valence-corrected chi connectivity index (χ4v) is 4.36. The average molecular weight is 362 g/mol. The van der Waals surface area contributed by atoms with Crippen molar-refractivity contribution in [2.24, 2.45) is 5.92 Å². The van der Waals surface area contributed by atoms with Crippen molar-refractivity contribution in [3.05, 3.63) is 29.3 Å². The monoisotopic (exact) mass is 362 g/mol. The Morgan fingerprint density at radius 3 is 2.85 bits per heavy atom. The number of aliphatic hydroxyl groups excluding tert-OH is 1. The van der Waals surface area contributed by atoms with Crippen molar-refractivity contribution in [1.29, 1.82) is 0 Å². The smallest absolute Gasteiger partial charge is 0.305 e. The lowest BCUT2D eigenvalue weighted by molar-refractivity contribution is -0.148. The number of fused-ring (bicyclic) bond motifs is 3. The third-order valence-electron chi connectivity index (χ3n) is 5.39. The highest BCUT2D eigenvalue weighted by Gasteiger charge is 2.51. The van der Waals surface area contributed by atoms with E-state index in [1.54, 1.807) is 0 Å². The Bertz CT molecular complexity index is 670. The van der Waals surface area contributed by atoms with Gasteiger partial charge in [-0.1, -0.05) is 18.2 Å². The molecule has 142 valence electrons. The number of benzene rings is 1. The van der Waals surface area contributed by atoms with E-state index in [2.05, 4.69) is 6.07 Å². The summed E-state index contributed by atoms with van der Waals surface area (Å²) in [5.41, 5.74) is 2.21. The maximum Gasteiger partial charge on any atom is 0.305 e. The molecule has 1 aromatic rings. The second-order valence-corrected chi connectivity index (χ2v) is 7.01. The third kappa shape index (κ3) is 3.70. The number of aryl methyl sites for hydroxylation is 1. The van der Waals surface area contributed by atoms with E-state index in [-0.39, 0.29) is 42.6 Å². The van der Waals surface area contributed by atoms with Crippen LogP contribution in [0.5, 0.6) is 5.75 Å². The number of para-hydroxylation sites is 1. The molecule has 26 heavy (non-hydrogen) atoms. The minimum absolute atomic E-state index is 0.0346. The van der Waals surface area contributed by atoms with Crippen molar-refractivity contribution >= 4 is 11.9 Å². The Morgan fingerprint density at radius 1 is 1.35 bits per heavy atom. The highest BCUT2D eigenvalue weighted by Crippen LogP contribution is 2.53. The first-order valence-corrected chi connectivity index (χ1v) is 9.18. The first-order chi connectivity index (χ1) is 12.5. The molecular formula is C20H26O6. The Hall–Kier alpha value is -2.08. The topological polar surface area (TPSA) is 82.1 Å². The van der Waals surface area contributed by atoms with Crippen LogP contribution in [-0.4, -0.2) is 43.0 Å². The first-order valence-electron chi connectivity index (χ1n) is 9.18. The van der Waals surface area contributed by atoms with Gasteiger partial charge in [-0.2, -0.15) is 0 Å². The molecule has 6 nitrogen and oxygen atoms in total. The lowest BCUT2D eigenvalue weighted by atomic mass is 9.85. The molecule has 3 rings (SSSR count). The molecule has 1 aliphatic heterocycles. The molecule has 1 aliphatic carbocycles. The number of esters is 2. The van der Waals surface area contributed by atoms with Crippen molar-refractivity contribution in [2.45, 2.75) is 57.2 Å². The average Bonchev–Trinajstić information content (AvgIpc) is 3.12. The normalized spacial score (nSPS) is 26.0. The van der Waals surface area contributed by atoms with Gasteiger partial charge >= 0.3 is 11.9 Å². The van der Waals surface area contributed by atoms with Gasteiger partial charge in [0.25, 0.3) is 0 Å². The number of methoxy groups -OCH3 is 1. The molecule has 0 bridgehead atoms. The largest absolute Gasteiger partial charge is 0.489 e. The van der Waals surface area contributed by atoms with Crippen molar-refractivity contribution < 1.29 is 28.9 Å². The van der Waals surface area contributed by atoms with Crippen LogP contribution in [0.25, 0.3) is 0 Å². The van der Waals surface area contributed by atoms with Gasteiger partial charge in [-0.05, 0) is 24.8 Å². The maximum absolute atomic E-state index is 11.4. The molecule has 0 amide bonds. The lowest BCUT2D eigenvalue weighted by Gasteiger charge is -2.23. The Kier molecular flexibility index (Phi) is 5.81. The molecule has 0 radical (unpaired) electrons. The molecule has 0 aromatic heterocycles. The summed E-state index contributed by atoms with van der Waals surface area (Å²) in [7, 11) is 1.40. The summed E-state index contributed by atoms with van der Waals surface area (Å²) >= 11 is 0. The van der Waals surface area contributed by atoms with Crippen LogP contribution in [0, 0.1) is 5.92 Å². The van der Waals surface area contributed by atoms with Crippen LogP contribution < -0.4 is 4.74 Å². The molecule has 0 spiro atoms. The quantitative estimate of drug-likeness (QED) is 0.750. The van der Waals surface area contributed by atoms with Crippen LogP contribution in [0.2, 0.25) is 0 Å². The van der Waals surface area contributed by atoms with E-state index in [9.17, 15) is 14.7 Å². The van der Waals surface area contributed by atoms with Gasteiger partial charge < -0.3 is 19.3 Å². The molecular weight excluding hydrogens is 336 g/mol. The van der Waals surface area contributed by atoms with Crippen molar-refractivity contribution in [1.82, 2.24) is 0 Å². The van der Waals surface area contributed by atoms with Crippen molar-refractivity contribution in [3.8, 4) is 5.75 Å². The summed E-state index contributed by atoms with van der Waals surface area (Å²) in [4.78, 5) is 22.7. The van der Waals surface area contributed by atoms with Crippen LogP contribution in [0.15, 0.2) is 18.2 Å². The van der Waals surface area contributed by atoms with Gasteiger partial charge in [0, 0.05) is 43.8 Å². The second-order valence-electron chi connectivity index (χ2n) is 7.01. The predicted molar refractivity (Wildman–Crippen MR) is 93.9 cm³/mol. The first kappa shape index (κ1) is 18.7. The standard InChI is InChI=1S/C20H26O6/c1-12(22)25-16-11-17-19(14(16)9-10-21)15-7-3-5-13(20(15)26-17)6-4-8-18(23)24-2/h3,5,7,14,16-17,19,21H,4,6,8-11H2,1-2H3/t14-,16+,17-,19-/m0/s1. The van der Waals surface area contributed by atoms with Crippen LogP contribution in [0.4, 0.5) is 0 Å². The molecule has 2 aliphatic rings. The molecule has 1 N–H and O–H groups in total. The number of rotatable bonds is 7. The van der Waals surface area contributed by atoms with Gasteiger partial charge in [0.15, 0.2) is 0 Å². The fraction of sp³-hybridized carbons (Fsp3) is 0.600. The molecule has 1 aromatic carbocycles. The minimum atomic E-state index is -0.297. The van der Waals surface area contributed by atoms with Crippen LogP contribution in [-0.2, 0) is 25.5 Å². The van der Waals surface area contributed by atoms with Gasteiger partial charge in [0.05, 0.1) is 7.11 Å². The zero-order chi connectivity index (χ0) is 18.7. The number of ether oxygens (including phenoxy) is 3. The summed E-state index contributed by atoms with van der Waals surface area (Å²) < 4.78 is 16.4. The summed E-state index contributed by atoms with van der Waals surface area (Å²) in [6.45, 7) is 1.47. The molecule has 1 fully saturated rings. The van der Waals surface area contributed by atoms with E-state index in [0.717, 1.165) is 23.3 Å². The highest BCUT2D eigenvalue weighted by molar-refractivity contribution is 5.69. The fourth-order valence-electron chi connectivity index (χ4n) is 4.36. The zero-order valence-electron chi connectivity index (χ0n) is 15.3. The van der Waals surface area contributed by atoms with Crippen LogP contribution in [0.3, 0.4) is 0 Å². The molecule has 1 saturated carbocycles. The van der Waals surface area contributed by atoms with Gasteiger partial charge in [-0.25, -0.2) is 0 Å². The summed E-state index contributed by atoms with van der Waals surface area (Å²) in [5.74, 6) is 0.580. The number of carbonyl (C=O) groups is 2. The van der Waals surface area contributed by atoms with Crippen molar-refractivity contribution in [2.75, 3.05) is 13.7 Å². The summed E-state index contributed by atoms with van der Waals surface area (Å²) in [5, 5.41) is 9.47. The van der Waals surface area contributed by atoms with E-state index in [4.69, 9.17) is 14.2 Å². The van der Waals surface area contributed by atoms with Crippen molar-refractivity contribution in [3.63, 3.8) is 0 Å². The maximum atomic E-state index is 11.4. The summed E-state index contributed by atoms with van der Waals surface area (Å²) in [6, 6.07) is 6.10. The van der Waals surface area contributed by atoms with Crippen LogP contribution >= 0.6 is 0 Å². The number of aliphatic hydroxyl groups is 1. The third-order valence-corrected chi connectivity index (χ3v) is 5.39. The highest BCUT2D eigenvalue weighted by atomic mass is 16.5. The SMILES string of the molecule is COC(=O)CCCc1cccc2c1O[C@H]1C[C@@H](OC(C)=O)[C@H](CCO)[C@@H]21. The second kappa shape index (κ2) is 8.08. The lowest BCUT2D eigenvalue weighted by Crippen LogP contribution is -2.24. The zero-order valence-corrected chi connectivity index (χ0v) is 15.3. The molecule has 4 atom stereocenters. The molecule has 0 saturated heterocycles. The Balaban J connectivity index is 1.77. The minimum Gasteiger partial charge on any atom is -0.489 e. The predicted octanol–water partition coefficient (Wildman–Crippen LogP) is 2.36. The van der Waals surface area contributed by atoms with E-state index in [0.29, 0.717) is 25.7 Å². The molecule has 1 heterocycles. The van der Waals surface area contributed by atoms with E-state index in [1.165, 1.54) is 14.0 Å². The van der Waals surface area contributed by atoms with Gasteiger partial charge in [-0.15, -0.1) is 0 Å². The Morgan fingerprint density at radius 2 is 2.15 bits per heavy atom. The van der Waals surface area contributed by atoms with Gasteiger partial charge in [0.2, 0.25) is 0 Å². The summed E-state index contributed by atoms with van der Waals surface area (Å²) in [6.07, 6.45) is 2.81. The number of carbonyl (C=O) groups excluding carboxylic acids is 2. The Labute approximate surface area is 153 Å². The van der Waals surface area contributed by atoms with Gasteiger partial charge in [0.1, 0.15) is 18.0 Å². The number of hydrogen-bond donors (Lipinski definition) is 1. The number of hydrogen-bond acceptors (Lipinski definition) is 6. The van der Waals surface area contributed by atoms with Crippen LogP contribution in [0.1, 0.15) is 49.7 Å². The van der Waals surface area contributed by atoms with E-state index < -0.39 is 0 Å². The van der Waals surface area contributed by atoms with Gasteiger partial charge in [-0.3, -0.25) is 9.59 Å². The van der Waals surface area contributed by atoms with E-state index in [1.807, 2.05) is 12.1 Å². The van der Waals surface area contributed by atoms with E-state index >= 15 is 0 Å². The molecule has 6 heteroatoms. The molecule has 0 unspecified atom stereocenters.